The lowest BCUT2D eigenvalue weighted by atomic mass is 10.1. The van der Waals surface area contributed by atoms with E-state index in [1.54, 1.807) is 7.11 Å². The lowest BCUT2D eigenvalue weighted by molar-refractivity contribution is 0.0947. The molecule has 0 bridgehead atoms. The largest absolute Gasteiger partial charge is 0.493 e. The van der Waals surface area contributed by atoms with Crippen molar-refractivity contribution in [1.82, 2.24) is 10.2 Å². The molecular formula is C21H30N2O3S. The molecule has 0 saturated carbocycles. The summed E-state index contributed by atoms with van der Waals surface area (Å²) in [4.78, 5) is 16.2. The molecule has 0 aliphatic carbocycles. The second-order valence-electron chi connectivity index (χ2n) is 6.53. The van der Waals surface area contributed by atoms with Crippen LogP contribution in [0.5, 0.6) is 11.5 Å². The van der Waals surface area contributed by atoms with Gasteiger partial charge in [-0.3, -0.25) is 4.79 Å². The van der Waals surface area contributed by atoms with Crippen molar-refractivity contribution in [1.29, 1.82) is 0 Å². The van der Waals surface area contributed by atoms with Crippen molar-refractivity contribution in [3.63, 3.8) is 0 Å². The van der Waals surface area contributed by atoms with E-state index in [4.69, 9.17) is 9.47 Å². The first-order chi connectivity index (χ1) is 13.0. The molecule has 1 N–H and O–H groups in total. The summed E-state index contributed by atoms with van der Waals surface area (Å²) in [6.07, 6.45) is 0. The highest BCUT2D eigenvalue weighted by molar-refractivity contribution is 7.17. The SMILES string of the molecule is CCN(CC)CCOc1ccc(-c2ccc(C(=O)NC(C)C)s2)cc1OC. The van der Waals surface area contributed by atoms with Crippen LogP contribution in [0, 0.1) is 0 Å². The minimum atomic E-state index is -0.0374. The number of hydrogen-bond donors (Lipinski definition) is 1. The molecule has 0 unspecified atom stereocenters. The van der Waals surface area contributed by atoms with Crippen LogP contribution in [0.15, 0.2) is 30.3 Å². The zero-order valence-corrected chi connectivity index (χ0v) is 17.7. The number of nitrogens with zero attached hydrogens (tertiary/aromatic N) is 1. The van der Waals surface area contributed by atoms with Crippen molar-refractivity contribution >= 4 is 17.2 Å². The number of hydrogen-bond acceptors (Lipinski definition) is 5. The van der Waals surface area contributed by atoms with Gasteiger partial charge in [-0.1, -0.05) is 13.8 Å². The molecule has 0 atom stereocenters. The van der Waals surface area contributed by atoms with Gasteiger partial charge in [-0.25, -0.2) is 0 Å². The summed E-state index contributed by atoms with van der Waals surface area (Å²) in [5.41, 5.74) is 1.01. The molecule has 0 aliphatic heterocycles. The van der Waals surface area contributed by atoms with Crippen LogP contribution in [-0.4, -0.2) is 50.2 Å². The summed E-state index contributed by atoms with van der Waals surface area (Å²) in [6.45, 7) is 11.7. The van der Waals surface area contributed by atoms with Crippen LogP contribution in [0.2, 0.25) is 0 Å². The average molecular weight is 391 g/mol. The fourth-order valence-electron chi connectivity index (χ4n) is 2.71. The molecule has 1 aromatic carbocycles. The van der Waals surface area contributed by atoms with Crippen LogP contribution < -0.4 is 14.8 Å². The summed E-state index contributed by atoms with van der Waals surface area (Å²) >= 11 is 1.47. The average Bonchev–Trinajstić information content (AvgIpc) is 3.15. The lowest BCUT2D eigenvalue weighted by Crippen LogP contribution is -2.29. The minimum absolute atomic E-state index is 0.0374. The first-order valence-corrected chi connectivity index (χ1v) is 10.2. The van der Waals surface area contributed by atoms with Crippen molar-refractivity contribution in [2.45, 2.75) is 33.7 Å². The van der Waals surface area contributed by atoms with Crippen LogP contribution in [0.3, 0.4) is 0 Å². The van der Waals surface area contributed by atoms with E-state index in [-0.39, 0.29) is 11.9 Å². The molecule has 148 valence electrons. The number of benzene rings is 1. The molecular weight excluding hydrogens is 360 g/mol. The van der Waals surface area contributed by atoms with Crippen LogP contribution in [0.4, 0.5) is 0 Å². The van der Waals surface area contributed by atoms with Gasteiger partial charge in [0.2, 0.25) is 0 Å². The number of rotatable bonds is 10. The zero-order valence-electron chi connectivity index (χ0n) is 16.9. The highest BCUT2D eigenvalue weighted by Gasteiger charge is 2.13. The normalized spacial score (nSPS) is 11.1. The van der Waals surface area contributed by atoms with Gasteiger partial charge in [-0.15, -0.1) is 11.3 Å². The topological polar surface area (TPSA) is 50.8 Å². The second-order valence-corrected chi connectivity index (χ2v) is 7.62. The molecule has 0 aliphatic rings. The molecule has 0 saturated heterocycles. The Labute approximate surface area is 166 Å². The van der Waals surface area contributed by atoms with Gasteiger partial charge in [-0.2, -0.15) is 0 Å². The van der Waals surface area contributed by atoms with Crippen molar-refractivity contribution in [3.8, 4) is 21.9 Å². The predicted molar refractivity (Wildman–Crippen MR) is 112 cm³/mol. The Morgan fingerprint density at radius 3 is 2.52 bits per heavy atom. The Hall–Kier alpha value is -2.05. The molecule has 2 rings (SSSR count). The number of likely N-dealkylation sites (N-methyl/N-ethyl adjacent to an activating group) is 1. The fourth-order valence-corrected chi connectivity index (χ4v) is 3.62. The van der Waals surface area contributed by atoms with E-state index in [1.807, 2.05) is 44.2 Å². The van der Waals surface area contributed by atoms with Crippen molar-refractivity contribution in [2.75, 3.05) is 33.4 Å². The number of amides is 1. The van der Waals surface area contributed by atoms with Crippen molar-refractivity contribution < 1.29 is 14.3 Å². The third kappa shape index (κ3) is 5.97. The number of nitrogens with one attached hydrogen (secondary N) is 1. The lowest BCUT2D eigenvalue weighted by Gasteiger charge is -2.18. The molecule has 1 aromatic heterocycles. The highest BCUT2D eigenvalue weighted by Crippen LogP contribution is 2.35. The second kappa shape index (κ2) is 10.3. The van der Waals surface area contributed by atoms with E-state index < -0.39 is 0 Å². The van der Waals surface area contributed by atoms with E-state index in [2.05, 4.69) is 24.1 Å². The van der Waals surface area contributed by atoms with Gasteiger partial charge >= 0.3 is 0 Å². The number of thiophene rings is 1. The Morgan fingerprint density at radius 1 is 1.15 bits per heavy atom. The van der Waals surface area contributed by atoms with Crippen LogP contribution in [-0.2, 0) is 0 Å². The number of carbonyl (C=O) groups excluding carboxylic acids is 1. The molecule has 1 amide bonds. The molecule has 0 fully saturated rings. The summed E-state index contributed by atoms with van der Waals surface area (Å²) in [6, 6.07) is 9.85. The van der Waals surface area contributed by atoms with Gasteiger partial charge in [-0.05, 0) is 62.8 Å². The number of carbonyl (C=O) groups is 1. The van der Waals surface area contributed by atoms with Gasteiger partial charge in [0, 0.05) is 17.5 Å². The minimum Gasteiger partial charge on any atom is -0.493 e. The molecule has 1 heterocycles. The van der Waals surface area contributed by atoms with Crippen LogP contribution in [0.25, 0.3) is 10.4 Å². The fraction of sp³-hybridized carbons (Fsp3) is 0.476. The maximum Gasteiger partial charge on any atom is 0.261 e. The molecule has 0 radical (unpaired) electrons. The summed E-state index contributed by atoms with van der Waals surface area (Å²) in [5.74, 6) is 1.40. The first kappa shape index (κ1) is 21.3. The molecule has 27 heavy (non-hydrogen) atoms. The van der Waals surface area contributed by atoms with E-state index in [0.29, 0.717) is 17.2 Å². The monoisotopic (exact) mass is 390 g/mol. The zero-order chi connectivity index (χ0) is 19.8. The Bertz CT molecular complexity index is 739. The van der Waals surface area contributed by atoms with E-state index >= 15 is 0 Å². The smallest absolute Gasteiger partial charge is 0.261 e. The molecule has 0 spiro atoms. The summed E-state index contributed by atoms with van der Waals surface area (Å²) in [5, 5.41) is 2.92. The van der Waals surface area contributed by atoms with E-state index in [9.17, 15) is 4.79 Å². The Kier molecular flexibility index (Phi) is 8.13. The van der Waals surface area contributed by atoms with Crippen molar-refractivity contribution in [2.24, 2.45) is 0 Å². The van der Waals surface area contributed by atoms with Crippen LogP contribution in [0.1, 0.15) is 37.4 Å². The van der Waals surface area contributed by atoms with Crippen LogP contribution >= 0.6 is 11.3 Å². The maximum absolute atomic E-state index is 12.2. The Morgan fingerprint density at radius 2 is 1.89 bits per heavy atom. The van der Waals surface area contributed by atoms with Gasteiger partial charge in [0.15, 0.2) is 11.5 Å². The third-order valence-corrected chi connectivity index (χ3v) is 5.39. The number of methoxy groups -OCH3 is 1. The van der Waals surface area contributed by atoms with Gasteiger partial charge in [0.05, 0.1) is 12.0 Å². The quantitative estimate of drug-likeness (QED) is 0.658. The number of ether oxygens (including phenoxy) is 2. The molecule has 6 heteroatoms. The van der Waals surface area contributed by atoms with E-state index in [1.165, 1.54) is 11.3 Å². The maximum atomic E-state index is 12.2. The van der Waals surface area contributed by atoms with Gasteiger partial charge in [0.25, 0.3) is 5.91 Å². The third-order valence-electron chi connectivity index (χ3n) is 4.26. The molecule has 2 aromatic rings. The van der Waals surface area contributed by atoms with Crippen molar-refractivity contribution in [3.05, 3.63) is 35.2 Å². The summed E-state index contributed by atoms with van der Waals surface area (Å²) < 4.78 is 11.4. The first-order valence-electron chi connectivity index (χ1n) is 9.42. The standard InChI is InChI=1S/C21H30N2O3S/c1-6-23(7-2)12-13-26-17-9-8-16(14-18(17)25-5)19-10-11-20(27-19)21(24)22-15(3)4/h8-11,14-15H,6-7,12-13H2,1-5H3,(H,22,24). The highest BCUT2D eigenvalue weighted by atomic mass is 32.1. The summed E-state index contributed by atoms with van der Waals surface area (Å²) in [7, 11) is 1.65. The van der Waals surface area contributed by atoms with E-state index in [0.717, 1.165) is 35.8 Å². The van der Waals surface area contributed by atoms with Gasteiger partial charge in [0.1, 0.15) is 6.61 Å². The molecule has 5 nitrogen and oxygen atoms in total. The van der Waals surface area contributed by atoms with Gasteiger partial charge < -0.3 is 19.7 Å². The Balaban J connectivity index is 2.09. The predicted octanol–water partition coefficient (Wildman–Crippen LogP) is 4.28.